The van der Waals surface area contributed by atoms with Crippen LogP contribution in [0.25, 0.3) is 11.4 Å². The van der Waals surface area contributed by atoms with Gasteiger partial charge in [0.15, 0.2) is 11.0 Å². The van der Waals surface area contributed by atoms with Gasteiger partial charge >= 0.3 is 0 Å². The summed E-state index contributed by atoms with van der Waals surface area (Å²) in [5.41, 5.74) is 2.44. The fourth-order valence-corrected chi connectivity index (χ4v) is 3.98. The van der Waals surface area contributed by atoms with Crippen LogP contribution in [0.15, 0.2) is 46.2 Å². The average Bonchev–Trinajstić information content (AvgIpc) is 3.41. The Bertz CT molecular complexity index is 1040. The highest BCUT2D eigenvalue weighted by Crippen LogP contribution is 2.26. The molecule has 1 aliphatic heterocycles. The lowest BCUT2D eigenvalue weighted by atomic mass is 10.2. The van der Waals surface area contributed by atoms with Gasteiger partial charge in [-0.15, -0.1) is 10.2 Å². The molecule has 2 amide bonds. The highest BCUT2D eigenvalue weighted by atomic mass is 32.2. The number of nitrogens with zero attached hydrogens (tertiary/aromatic N) is 4. The van der Waals surface area contributed by atoms with Gasteiger partial charge in [0, 0.05) is 31.4 Å². The number of anilines is 2. The lowest BCUT2D eigenvalue weighted by Crippen LogP contribution is -2.23. The van der Waals surface area contributed by atoms with Crippen molar-refractivity contribution in [3.63, 3.8) is 0 Å². The number of benzene rings is 1. The molecular formula is C20H21N5O3S. The molecule has 3 heterocycles. The first-order valence-corrected chi connectivity index (χ1v) is 10.3. The second kappa shape index (κ2) is 8.12. The van der Waals surface area contributed by atoms with Crippen LogP contribution in [-0.4, -0.2) is 38.9 Å². The van der Waals surface area contributed by atoms with Crippen molar-refractivity contribution in [2.45, 2.75) is 24.9 Å². The van der Waals surface area contributed by atoms with Crippen LogP contribution in [0.2, 0.25) is 0 Å². The molecule has 0 spiro atoms. The first kappa shape index (κ1) is 19.3. The van der Waals surface area contributed by atoms with E-state index in [-0.39, 0.29) is 17.6 Å². The number of thioether (sulfide) groups is 1. The molecule has 1 aromatic carbocycles. The van der Waals surface area contributed by atoms with Gasteiger partial charge in [-0.2, -0.15) is 0 Å². The Morgan fingerprint density at radius 1 is 1.24 bits per heavy atom. The minimum atomic E-state index is -0.135. The molecule has 2 aromatic heterocycles. The van der Waals surface area contributed by atoms with Crippen molar-refractivity contribution in [2.75, 3.05) is 22.5 Å². The van der Waals surface area contributed by atoms with Gasteiger partial charge in [-0.05, 0) is 43.7 Å². The predicted octanol–water partition coefficient (Wildman–Crippen LogP) is 3.24. The summed E-state index contributed by atoms with van der Waals surface area (Å²) in [6, 6.07) is 9.18. The number of hydrogen-bond donors (Lipinski definition) is 1. The monoisotopic (exact) mass is 411 g/mol. The number of amides is 2. The zero-order valence-electron chi connectivity index (χ0n) is 16.2. The Kier molecular flexibility index (Phi) is 5.39. The van der Waals surface area contributed by atoms with E-state index in [0.29, 0.717) is 23.1 Å². The van der Waals surface area contributed by atoms with Crippen molar-refractivity contribution in [1.29, 1.82) is 0 Å². The van der Waals surface area contributed by atoms with Crippen LogP contribution < -0.4 is 10.2 Å². The number of hydrogen-bond acceptors (Lipinski definition) is 6. The molecule has 0 unspecified atom stereocenters. The highest BCUT2D eigenvalue weighted by Gasteiger charge is 2.21. The Labute approximate surface area is 172 Å². The average molecular weight is 411 g/mol. The van der Waals surface area contributed by atoms with Gasteiger partial charge in [-0.3, -0.25) is 9.59 Å². The summed E-state index contributed by atoms with van der Waals surface area (Å²) in [5, 5.41) is 11.9. The van der Waals surface area contributed by atoms with E-state index < -0.39 is 0 Å². The van der Waals surface area contributed by atoms with E-state index in [1.807, 2.05) is 48.9 Å². The zero-order valence-corrected chi connectivity index (χ0v) is 17.0. The number of furan rings is 1. The summed E-state index contributed by atoms with van der Waals surface area (Å²) in [4.78, 5) is 25.9. The smallest absolute Gasteiger partial charge is 0.234 e. The molecule has 1 saturated heterocycles. The molecule has 3 aromatic rings. The third kappa shape index (κ3) is 4.04. The van der Waals surface area contributed by atoms with Crippen molar-refractivity contribution in [3.05, 3.63) is 42.4 Å². The zero-order chi connectivity index (χ0) is 20.4. The molecule has 1 N–H and O–H groups in total. The summed E-state index contributed by atoms with van der Waals surface area (Å²) in [6.45, 7) is 2.62. The highest BCUT2D eigenvalue weighted by molar-refractivity contribution is 7.99. The normalized spacial score (nSPS) is 13.9. The van der Waals surface area contributed by atoms with Gasteiger partial charge in [0.05, 0.1) is 17.6 Å². The van der Waals surface area contributed by atoms with Crippen molar-refractivity contribution in [2.24, 2.45) is 7.05 Å². The summed E-state index contributed by atoms with van der Waals surface area (Å²) < 4.78 is 7.17. The van der Waals surface area contributed by atoms with E-state index in [1.54, 1.807) is 11.2 Å². The topological polar surface area (TPSA) is 93.3 Å². The molecule has 8 nitrogen and oxygen atoms in total. The van der Waals surface area contributed by atoms with Crippen LogP contribution in [0.4, 0.5) is 11.4 Å². The lowest BCUT2D eigenvalue weighted by molar-refractivity contribution is -0.117. The molecule has 29 heavy (non-hydrogen) atoms. The molecule has 0 saturated carbocycles. The van der Waals surface area contributed by atoms with E-state index in [9.17, 15) is 9.59 Å². The summed E-state index contributed by atoms with van der Waals surface area (Å²) in [7, 11) is 1.86. The molecule has 0 bridgehead atoms. The Morgan fingerprint density at radius 3 is 2.69 bits per heavy atom. The van der Waals surface area contributed by atoms with Crippen molar-refractivity contribution >= 4 is 35.0 Å². The standard InChI is InChI=1S/C20H21N5O3S/c1-13-16(9-11-28-13)19-22-23-20(24(19)2)29-12-17(26)21-14-5-7-15(8-6-14)25-10-3-4-18(25)27/h5-9,11H,3-4,10,12H2,1-2H3,(H,21,26). The van der Waals surface area contributed by atoms with E-state index in [4.69, 9.17) is 4.42 Å². The fourth-order valence-electron chi connectivity index (χ4n) is 3.27. The summed E-state index contributed by atoms with van der Waals surface area (Å²) >= 11 is 1.32. The summed E-state index contributed by atoms with van der Waals surface area (Å²) in [6.07, 6.45) is 3.10. The molecule has 0 radical (unpaired) electrons. The molecular weight excluding hydrogens is 390 g/mol. The lowest BCUT2D eigenvalue weighted by Gasteiger charge is -2.16. The number of carbonyl (C=O) groups excluding carboxylic acids is 2. The number of carbonyl (C=O) groups is 2. The van der Waals surface area contributed by atoms with E-state index in [0.717, 1.165) is 30.0 Å². The maximum absolute atomic E-state index is 12.3. The van der Waals surface area contributed by atoms with Gasteiger partial charge in [-0.25, -0.2) is 0 Å². The molecule has 0 atom stereocenters. The number of rotatable bonds is 6. The summed E-state index contributed by atoms with van der Waals surface area (Å²) in [5.74, 6) is 1.69. The van der Waals surface area contributed by atoms with E-state index in [1.165, 1.54) is 11.8 Å². The van der Waals surface area contributed by atoms with Gasteiger partial charge < -0.3 is 19.2 Å². The maximum Gasteiger partial charge on any atom is 0.234 e. The van der Waals surface area contributed by atoms with Gasteiger partial charge in [0.25, 0.3) is 0 Å². The van der Waals surface area contributed by atoms with Crippen molar-refractivity contribution in [1.82, 2.24) is 14.8 Å². The largest absolute Gasteiger partial charge is 0.469 e. The van der Waals surface area contributed by atoms with Crippen molar-refractivity contribution in [3.8, 4) is 11.4 Å². The van der Waals surface area contributed by atoms with Crippen LogP contribution in [0.5, 0.6) is 0 Å². The molecule has 0 aliphatic carbocycles. The van der Waals surface area contributed by atoms with E-state index >= 15 is 0 Å². The Balaban J connectivity index is 1.34. The van der Waals surface area contributed by atoms with Crippen LogP contribution in [0, 0.1) is 6.92 Å². The first-order chi connectivity index (χ1) is 14.0. The number of aromatic nitrogens is 3. The fraction of sp³-hybridized carbons (Fsp3) is 0.300. The molecule has 9 heteroatoms. The minimum absolute atomic E-state index is 0.135. The first-order valence-electron chi connectivity index (χ1n) is 9.30. The van der Waals surface area contributed by atoms with Gasteiger partial charge in [-0.1, -0.05) is 11.8 Å². The quantitative estimate of drug-likeness (QED) is 0.626. The predicted molar refractivity (Wildman–Crippen MR) is 111 cm³/mol. The third-order valence-corrected chi connectivity index (χ3v) is 5.82. The second-order valence-corrected chi connectivity index (χ2v) is 7.73. The Hall–Kier alpha value is -3.07. The SMILES string of the molecule is Cc1occc1-c1nnc(SCC(=O)Nc2ccc(N3CCCC3=O)cc2)n1C. The maximum atomic E-state index is 12.3. The number of nitrogens with one attached hydrogen (secondary N) is 1. The van der Waals surface area contributed by atoms with Crippen molar-refractivity contribution < 1.29 is 14.0 Å². The molecule has 150 valence electrons. The van der Waals surface area contributed by atoms with E-state index in [2.05, 4.69) is 15.5 Å². The van der Waals surface area contributed by atoms with Gasteiger partial charge in [0.2, 0.25) is 11.8 Å². The third-order valence-electron chi connectivity index (χ3n) is 4.80. The van der Waals surface area contributed by atoms with Crippen LogP contribution in [-0.2, 0) is 16.6 Å². The molecule has 1 fully saturated rings. The van der Waals surface area contributed by atoms with Crippen LogP contribution >= 0.6 is 11.8 Å². The molecule has 1 aliphatic rings. The second-order valence-electron chi connectivity index (χ2n) is 6.79. The number of aryl methyl sites for hydroxylation is 1. The van der Waals surface area contributed by atoms with Gasteiger partial charge in [0.1, 0.15) is 5.76 Å². The molecule has 4 rings (SSSR count). The minimum Gasteiger partial charge on any atom is -0.469 e. The Morgan fingerprint density at radius 2 is 2.03 bits per heavy atom. The van der Waals surface area contributed by atoms with Crippen LogP contribution in [0.1, 0.15) is 18.6 Å². The van der Waals surface area contributed by atoms with Crippen LogP contribution in [0.3, 0.4) is 0 Å².